The molecule has 1 fully saturated rings. The lowest BCUT2D eigenvalue weighted by molar-refractivity contribution is 0.399. The van der Waals surface area contributed by atoms with Gasteiger partial charge in [-0.05, 0) is 43.9 Å². The first-order chi connectivity index (χ1) is 7.40. The molecule has 2 nitrogen and oxygen atoms in total. The first-order valence-electron chi connectivity index (χ1n) is 6.17. The second-order valence-electron chi connectivity index (χ2n) is 4.52. The molecule has 1 unspecified atom stereocenters. The Kier molecular flexibility index (Phi) is 3.84. The first-order valence-corrected chi connectivity index (χ1v) is 6.17. The van der Waals surface area contributed by atoms with E-state index < -0.39 is 0 Å². The predicted octanol–water partition coefficient (Wildman–Crippen LogP) is 3.51. The zero-order chi connectivity index (χ0) is 10.5. The Balaban J connectivity index is 1.66. The van der Waals surface area contributed by atoms with E-state index in [0.29, 0.717) is 6.04 Å². The van der Waals surface area contributed by atoms with Gasteiger partial charge in [-0.1, -0.05) is 19.8 Å². The zero-order valence-electron chi connectivity index (χ0n) is 9.54. The maximum atomic E-state index is 5.41. The number of rotatable bonds is 7. The van der Waals surface area contributed by atoms with Gasteiger partial charge in [0.25, 0.3) is 0 Å². The van der Waals surface area contributed by atoms with Crippen molar-refractivity contribution in [3.05, 3.63) is 24.2 Å². The molecule has 1 saturated carbocycles. The van der Waals surface area contributed by atoms with Crippen LogP contribution in [0.2, 0.25) is 0 Å². The molecule has 1 aliphatic carbocycles. The van der Waals surface area contributed by atoms with Crippen molar-refractivity contribution in [2.45, 2.75) is 45.1 Å². The molecule has 0 spiro atoms. The van der Waals surface area contributed by atoms with Crippen LogP contribution in [-0.4, -0.2) is 6.54 Å². The van der Waals surface area contributed by atoms with E-state index >= 15 is 0 Å². The monoisotopic (exact) mass is 207 g/mol. The van der Waals surface area contributed by atoms with Crippen LogP contribution in [0.5, 0.6) is 0 Å². The van der Waals surface area contributed by atoms with E-state index in [1.54, 1.807) is 6.26 Å². The van der Waals surface area contributed by atoms with Crippen molar-refractivity contribution in [3.63, 3.8) is 0 Å². The summed E-state index contributed by atoms with van der Waals surface area (Å²) in [6.45, 7) is 3.32. The van der Waals surface area contributed by atoms with Crippen LogP contribution in [0.15, 0.2) is 22.8 Å². The van der Waals surface area contributed by atoms with Crippen molar-refractivity contribution >= 4 is 0 Å². The highest BCUT2D eigenvalue weighted by atomic mass is 16.3. The number of hydrogen-bond acceptors (Lipinski definition) is 2. The normalized spacial score (nSPS) is 17.9. The topological polar surface area (TPSA) is 25.2 Å². The van der Waals surface area contributed by atoms with Crippen molar-refractivity contribution in [2.75, 3.05) is 6.54 Å². The lowest BCUT2D eigenvalue weighted by Gasteiger charge is -2.14. The summed E-state index contributed by atoms with van der Waals surface area (Å²) in [6.07, 6.45) is 8.50. The fraction of sp³-hybridized carbons (Fsp3) is 0.692. The van der Waals surface area contributed by atoms with Crippen LogP contribution in [0, 0.1) is 5.92 Å². The van der Waals surface area contributed by atoms with Gasteiger partial charge in [-0.2, -0.15) is 0 Å². The molecule has 1 atom stereocenters. The van der Waals surface area contributed by atoms with E-state index in [-0.39, 0.29) is 0 Å². The van der Waals surface area contributed by atoms with Gasteiger partial charge in [0.2, 0.25) is 0 Å². The quantitative estimate of drug-likeness (QED) is 0.692. The Morgan fingerprint density at radius 3 is 3.00 bits per heavy atom. The summed E-state index contributed by atoms with van der Waals surface area (Å²) in [5.74, 6) is 2.12. The molecule has 1 aromatic heterocycles. The Labute approximate surface area is 92.1 Å². The maximum Gasteiger partial charge on any atom is 0.120 e. The second kappa shape index (κ2) is 5.36. The van der Waals surface area contributed by atoms with Gasteiger partial charge in [0.1, 0.15) is 5.76 Å². The van der Waals surface area contributed by atoms with E-state index in [1.165, 1.54) is 25.7 Å². The molecule has 84 valence electrons. The molecule has 1 aromatic rings. The number of hydrogen-bond donors (Lipinski definition) is 1. The van der Waals surface area contributed by atoms with Crippen LogP contribution in [0.3, 0.4) is 0 Å². The molecule has 0 radical (unpaired) electrons. The predicted molar refractivity (Wildman–Crippen MR) is 61.7 cm³/mol. The average Bonchev–Trinajstić information content (AvgIpc) is 2.92. The number of nitrogens with one attached hydrogen (secondary N) is 1. The van der Waals surface area contributed by atoms with Crippen LogP contribution in [0.1, 0.15) is 50.8 Å². The summed E-state index contributed by atoms with van der Waals surface area (Å²) >= 11 is 0. The summed E-state index contributed by atoms with van der Waals surface area (Å²) in [5, 5.41) is 3.56. The summed E-state index contributed by atoms with van der Waals surface area (Å²) in [5.41, 5.74) is 0. The smallest absolute Gasteiger partial charge is 0.120 e. The molecule has 1 aliphatic rings. The van der Waals surface area contributed by atoms with Gasteiger partial charge in [-0.3, -0.25) is 0 Å². The maximum absolute atomic E-state index is 5.41. The molecule has 0 aromatic carbocycles. The molecule has 0 bridgehead atoms. The van der Waals surface area contributed by atoms with E-state index in [1.807, 2.05) is 6.07 Å². The Hall–Kier alpha value is -0.760. The summed E-state index contributed by atoms with van der Waals surface area (Å²) < 4.78 is 5.41. The second-order valence-corrected chi connectivity index (χ2v) is 4.52. The molecule has 0 aliphatic heterocycles. The minimum Gasteiger partial charge on any atom is -0.468 e. The first kappa shape index (κ1) is 10.7. The van der Waals surface area contributed by atoms with Crippen molar-refractivity contribution in [3.8, 4) is 0 Å². The Morgan fingerprint density at radius 1 is 1.53 bits per heavy atom. The molecule has 0 saturated heterocycles. The van der Waals surface area contributed by atoms with Gasteiger partial charge >= 0.3 is 0 Å². The van der Waals surface area contributed by atoms with Crippen molar-refractivity contribution in [1.82, 2.24) is 5.32 Å². The SMILES string of the molecule is CCC(NCCCC1CC1)c1ccco1. The molecule has 15 heavy (non-hydrogen) atoms. The molecule has 1 heterocycles. The van der Waals surface area contributed by atoms with Gasteiger partial charge < -0.3 is 9.73 Å². The lowest BCUT2D eigenvalue weighted by Crippen LogP contribution is -2.21. The third kappa shape index (κ3) is 3.38. The van der Waals surface area contributed by atoms with E-state index in [4.69, 9.17) is 4.42 Å². The third-order valence-corrected chi connectivity index (χ3v) is 3.17. The van der Waals surface area contributed by atoms with Crippen molar-refractivity contribution in [1.29, 1.82) is 0 Å². The van der Waals surface area contributed by atoms with Crippen LogP contribution in [0.25, 0.3) is 0 Å². The highest BCUT2D eigenvalue weighted by Crippen LogP contribution is 2.33. The van der Waals surface area contributed by atoms with Gasteiger partial charge in [0.15, 0.2) is 0 Å². The van der Waals surface area contributed by atoms with Crippen LogP contribution >= 0.6 is 0 Å². The summed E-state index contributed by atoms with van der Waals surface area (Å²) in [4.78, 5) is 0. The molecule has 2 heteroatoms. The van der Waals surface area contributed by atoms with Gasteiger partial charge in [-0.15, -0.1) is 0 Å². The van der Waals surface area contributed by atoms with Crippen LogP contribution in [-0.2, 0) is 0 Å². The van der Waals surface area contributed by atoms with Crippen LogP contribution in [0.4, 0.5) is 0 Å². The highest BCUT2D eigenvalue weighted by Gasteiger charge is 2.20. The Bertz CT molecular complexity index is 264. The van der Waals surface area contributed by atoms with Crippen molar-refractivity contribution < 1.29 is 4.42 Å². The average molecular weight is 207 g/mol. The van der Waals surface area contributed by atoms with Crippen molar-refractivity contribution in [2.24, 2.45) is 5.92 Å². The minimum atomic E-state index is 0.402. The molecular weight excluding hydrogens is 186 g/mol. The van der Waals surface area contributed by atoms with Gasteiger partial charge in [0.05, 0.1) is 12.3 Å². The number of furan rings is 1. The van der Waals surface area contributed by atoms with Gasteiger partial charge in [0, 0.05) is 0 Å². The van der Waals surface area contributed by atoms with E-state index in [9.17, 15) is 0 Å². The van der Waals surface area contributed by atoms with E-state index in [0.717, 1.165) is 24.6 Å². The molecule has 2 rings (SSSR count). The fourth-order valence-corrected chi connectivity index (χ4v) is 2.01. The van der Waals surface area contributed by atoms with Crippen LogP contribution < -0.4 is 5.32 Å². The Morgan fingerprint density at radius 2 is 2.40 bits per heavy atom. The lowest BCUT2D eigenvalue weighted by atomic mass is 10.1. The summed E-state index contributed by atoms with van der Waals surface area (Å²) in [7, 11) is 0. The molecule has 0 amide bonds. The molecular formula is C13H21NO. The van der Waals surface area contributed by atoms with E-state index in [2.05, 4.69) is 18.3 Å². The zero-order valence-corrected chi connectivity index (χ0v) is 9.54. The fourth-order valence-electron chi connectivity index (χ4n) is 2.01. The highest BCUT2D eigenvalue weighted by molar-refractivity contribution is 5.03. The third-order valence-electron chi connectivity index (χ3n) is 3.17. The summed E-state index contributed by atoms with van der Waals surface area (Å²) in [6, 6.07) is 4.42. The largest absolute Gasteiger partial charge is 0.468 e. The molecule has 1 N–H and O–H groups in total. The standard InChI is InChI=1S/C13H21NO/c1-2-12(13-6-4-10-15-13)14-9-3-5-11-7-8-11/h4,6,10-12,14H,2-3,5,7-9H2,1H3. The minimum absolute atomic E-state index is 0.402. The van der Waals surface area contributed by atoms with Gasteiger partial charge in [-0.25, -0.2) is 0 Å².